The van der Waals surface area contributed by atoms with Crippen LogP contribution < -0.4 is 15.2 Å². The molecule has 5 heteroatoms. The zero-order chi connectivity index (χ0) is 15.4. The fourth-order valence-electron chi connectivity index (χ4n) is 2.09. The number of nitrogens with two attached hydrogens (primary N) is 1. The predicted molar refractivity (Wildman–Crippen MR) is 82.9 cm³/mol. The van der Waals surface area contributed by atoms with Gasteiger partial charge < -0.3 is 15.2 Å². The standard InChI is InChI=1S/C16H21N3O2/c1-10(2)12-9-15(17)19-16(18-12)8-11-5-6-13(20-3)14(7-11)21-4/h5-7,9-10H,8H2,1-4H3,(H2,17,18,19). The highest BCUT2D eigenvalue weighted by atomic mass is 16.5. The summed E-state index contributed by atoms with van der Waals surface area (Å²) in [5, 5.41) is 0. The van der Waals surface area contributed by atoms with Crippen LogP contribution in [0.5, 0.6) is 11.5 Å². The van der Waals surface area contributed by atoms with Crippen LogP contribution >= 0.6 is 0 Å². The number of hydrogen-bond acceptors (Lipinski definition) is 5. The van der Waals surface area contributed by atoms with E-state index in [1.807, 2.05) is 24.3 Å². The zero-order valence-corrected chi connectivity index (χ0v) is 12.9. The molecular weight excluding hydrogens is 266 g/mol. The van der Waals surface area contributed by atoms with E-state index in [0.29, 0.717) is 35.5 Å². The van der Waals surface area contributed by atoms with Crippen LogP contribution in [0.15, 0.2) is 24.3 Å². The molecule has 112 valence electrons. The molecule has 0 fully saturated rings. The van der Waals surface area contributed by atoms with E-state index in [2.05, 4.69) is 23.8 Å². The monoisotopic (exact) mass is 287 g/mol. The lowest BCUT2D eigenvalue weighted by Crippen LogP contribution is -2.05. The van der Waals surface area contributed by atoms with Gasteiger partial charge in [0.25, 0.3) is 0 Å². The normalized spacial score (nSPS) is 10.7. The Morgan fingerprint density at radius 3 is 2.38 bits per heavy atom. The SMILES string of the molecule is COc1ccc(Cc2nc(N)cc(C(C)C)n2)cc1OC. The van der Waals surface area contributed by atoms with Gasteiger partial charge in [-0.2, -0.15) is 0 Å². The maximum absolute atomic E-state index is 5.86. The summed E-state index contributed by atoms with van der Waals surface area (Å²) in [5.74, 6) is 2.94. The Morgan fingerprint density at radius 2 is 1.76 bits per heavy atom. The van der Waals surface area contributed by atoms with Gasteiger partial charge in [-0.05, 0) is 23.6 Å². The molecule has 21 heavy (non-hydrogen) atoms. The molecule has 2 N–H and O–H groups in total. The van der Waals surface area contributed by atoms with Gasteiger partial charge >= 0.3 is 0 Å². The summed E-state index contributed by atoms with van der Waals surface area (Å²) in [4.78, 5) is 8.87. The minimum absolute atomic E-state index is 0.319. The van der Waals surface area contributed by atoms with Gasteiger partial charge in [-0.25, -0.2) is 9.97 Å². The molecule has 2 rings (SSSR count). The van der Waals surface area contributed by atoms with Gasteiger partial charge in [-0.15, -0.1) is 0 Å². The van der Waals surface area contributed by atoms with E-state index >= 15 is 0 Å². The molecule has 0 saturated carbocycles. The van der Waals surface area contributed by atoms with Gasteiger partial charge in [-0.1, -0.05) is 19.9 Å². The number of ether oxygens (including phenoxy) is 2. The van der Waals surface area contributed by atoms with Crippen molar-refractivity contribution in [3.63, 3.8) is 0 Å². The number of nitrogens with zero attached hydrogens (tertiary/aromatic N) is 2. The maximum Gasteiger partial charge on any atom is 0.161 e. The van der Waals surface area contributed by atoms with E-state index in [1.165, 1.54) is 0 Å². The zero-order valence-electron chi connectivity index (χ0n) is 12.9. The molecule has 0 spiro atoms. The van der Waals surface area contributed by atoms with Gasteiger partial charge in [0.05, 0.1) is 14.2 Å². The lowest BCUT2D eigenvalue weighted by Gasteiger charge is -2.11. The van der Waals surface area contributed by atoms with Crippen LogP contribution in [-0.4, -0.2) is 24.2 Å². The third kappa shape index (κ3) is 3.62. The Bertz CT molecular complexity index is 627. The van der Waals surface area contributed by atoms with Gasteiger partial charge in [0.1, 0.15) is 11.6 Å². The third-order valence-electron chi connectivity index (χ3n) is 3.21. The van der Waals surface area contributed by atoms with Crippen molar-refractivity contribution in [2.75, 3.05) is 20.0 Å². The Balaban J connectivity index is 2.29. The van der Waals surface area contributed by atoms with Gasteiger partial charge in [-0.3, -0.25) is 0 Å². The van der Waals surface area contributed by atoms with Crippen molar-refractivity contribution < 1.29 is 9.47 Å². The number of aromatic nitrogens is 2. The second-order valence-electron chi connectivity index (χ2n) is 5.15. The number of anilines is 1. The summed E-state index contributed by atoms with van der Waals surface area (Å²) in [5.41, 5.74) is 7.86. The van der Waals surface area contributed by atoms with Crippen LogP contribution in [0.25, 0.3) is 0 Å². The topological polar surface area (TPSA) is 70.3 Å². The maximum atomic E-state index is 5.86. The first-order chi connectivity index (χ1) is 10.0. The van der Waals surface area contributed by atoms with E-state index in [1.54, 1.807) is 14.2 Å². The lowest BCUT2D eigenvalue weighted by atomic mass is 10.1. The average molecular weight is 287 g/mol. The molecule has 5 nitrogen and oxygen atoms in total. The van der Waals surface area contributed by atoms with E-state index in [9.17, 15) is 0 Å². The van der Waals surface area contributed by atoms with Crippen molar-refractivity contribution in [1.82, 2.24) is 9.97 Å². The van der Waals surface area contributed by atoms with Crippen molar-refractivity contribution in [2.24, 2.45) is 0 Å². The number of hydrogen-bond donors (Lipinski definition) is 1. The Morgan fingerprint density at radius 1 is 1.05 bits per heavy atom. The van der Waals surface area contributed by atoms with E-state index in [0.717, 1.165) is 11.3 Å². The van der Waals surface area contributed by atoms with Crippen molar-refractivity contribution in [3.8, 4) is 11.5 Å². The number of nitrogen functional groups attached to an aromatic ring is 1. The summed E-state index contributed by atoms with van der Waals surface area (Å²) in [6.45, 7) is 4.17. The highest BCUT2D eigenvalue weighted by Crippen LogP contribution is 2.28. The largest absolute Gasteiger partial charge is 0.493 e. The number of rotatable bonds is 5. The fourth-order valence-corrected chi connectivity index (χ4v) is 2.09. The smallest absolute Gasteiger partial charge is 0.161 e. The van der Waals surface area contributed by atoms with Gasteiger partial charge in [0.2, 0.25) is 0 Å². The summed E-state index contributed by atoms with van der Waals surface area (Å²) < 4.78 is 10.5. The molecule has 0 unspecified atom stereocenters. The highest BCUT2D eigenvalue weighted by molar-refractivity contribution is 5.43. The minimum atomic E-state index is 0.319. The molecule has 0 radical (unpaired) electrons. The Hall–Kier alpha value is -2.30. The molecule has 0 bridgehead atoms. The molecule has 0 aliphatic heterocycles. The molecule has 0 saturated heterocycles. The van der Waals surface area contributed by atoms with Gasteiger partial charge in [0.15, 0.2) is 11.5 Å². The van der Waals surface area contributed by atoms with Crippen LogP contribution in [0.4, 0.5) is 5.82 Å². The minimum Gasteiger partial charge on any atom is -0.493 e. The van der Waals surface area contributed by atoms with E-state index < -0.39 is 0 Å². The fraction of sp³-hybridized carbons (Fsp3) is 0.375. The first-order valence-electron chi connectivity index (χ1n) is 6.87. The molecule has 1 aromatic heterocycles. The average Bonchev–Trinajstić information content (AvgIpc) is 2.46. The molecule has 1 heterocycles. The van der Waals surface area contributed by atoms with Crippen LogP contribution in [-0.2, 0) is 6.42 Å². The second kappa shape index (κ2) is 6.43. The van der Waals surface area contributed by atoms with E-state index in [-0.39, 0.29) is 0 Å². The van der Waals surface area contributed by atoms with Crippen molar-refractivity contribution in [1.29, 1.82) is 0 Å². The molecule has 0 aliphatic carbocycles. The lowest BCUT2D eigenvalue weighted by molar-refractivity contribution is 0.354. The van der Waals surface area contributed by atoms with Crippen molar-refractivity contribution >= 4 is 5.82 Å². The molecule has 0 aliphatic rings. The van der Waals surface area contributed by atoms with Gasteiger partial charge in [0, 0.05) is 18.2 Å². The summed E-state index contributed by atoms with van der Waals surface area (Å²) in [7, 11) is 3.24. The second-order valence-corrected chi connectivity index (χ2v) is 5.15. The quantitative estimate of drug-likeness (QED) is 0.915. The van der Waals surface area contributed by atoms with Crippen molar-refractivity contribution in [2.45, 2.75) is 26.2 Å². The summed E-state index contributed by atoms with van der Waals surface area (Å²) >= 11 is 0. The highest BCUT2D eigenvalue weighted by Gasteiger charge is 2.09. The predicted octanol–water partition coefficient (Wildman–Crippen LogP) is 2.79. The first-order valence-corrected chi connectivity index (χ1v) is 6.87. The number of methoxy groups -OCH3 is 2. The molecule has 1 aromatic carbocycles. The van der Waals surface area contributed by atoms with Crippen LogP contribution in [0.2, 0.25) is 0 Å². The van der Waals surface area contributed by atoms with Crippen LogP contribution in [0.1, 0.15) is 36.8 Å². The molecule has 0 atom stereocenters. The first kappa shape index (κ1) is 15.1. The third-order valence-corrected chi connectivity index (χ3v) is 3.21. The molecular formula is C16H21N3O2. The summed E-state index contributed by atoms with van der Waals surface area (Å²) in [6.07, 6.45) is 0.602. The van der Waals surface area contributed by atoms with E-state index in [4.69, 9.17) is 15.2 Å². The van der Waals surface area contributed by atoms with Crippen LogP contribution in [0, 0.1) is 0 Å². The van der Waals surface area contributed by atoms with Crippen molar-refractivity contribution in [3.05, 3.63) is 41.3 Å². The molecule has 2 aromatic rings. The number of benzene rings is 1. The Kier molecular flexibility index (Phi) is 4.62. The Labute approximate surface area is 125 Å². The summed E-state index contributed by atoms with van der Waals surface area (Å²) in [6, 6.07) is 7.61. The molecule has 0 amide bonds. The van der Waals surface area contributed by atoms with Crippen LogP contribution in [0.3, 0.4) is 0 Å².